The third-order valence-electron chi connectivity index (χ3n) is 6.48. The van der Waals surface area contributed by atoms with Gasteiger partial charge < -0.3 is 14.3 Å². The molecule has 0 N–H and O–H groups in total. The van der Waals surface area contributed by atoms with Gasteiger partial charge in [0.05, 0.1) is 17.4 Å². The first-order chi connectivity index (χ1) is 18.0. The molecule has 1 saturated carbocycles. The number of ketones is 1. The van der Waals surface area contributed by atoms with Crippen molar-refractivity contribution < 1.29 is 9.63 Å². The summed E-state index contributed by atoms with van der Waals surface area (Å²) in [5, 5.41) is 13.1. The number of rotatable bonds is 5. The number of carbonyl (C=O) groups excluding carboxylic acids is 1. The summed E-state index contributed by atoms with van der Waals surface area (Å²) in [6.07, 6.45) is 7.28. The van der Waals surface area contributed by atoms with E-state index < -0.39 is 0 Å². The molecule has 0 unspecified atom stereocenters. The van der Waals surface area contributed by atoms with Crippen LogP contribution in [0.2, 0.25) is 0 Å². The lowest BCUT2D eigenvalue weighted by atomic mass is 9.93. The molecule has 1 aliphatic rings. The van der Waals surface area contributed by atoms with Crippen molar-refractivity contribution in [2.45, 2.75) is 71.4 Å². The zero-order chi connectivity index (χ0) is 27.9. The highest BCUT2D eigenvalue weighted by molar-refractivity contribution is 6.06. The van der Waals surface area contributed by atoms with Gasteiger partial charge in [-0.3, -0.25) is 9.59 Å². The number of fused-ring (bicyclic) bond motifs is 1. The number of hydrogen-bond acceptors (Lipinski definition) is 7. The van der Waals surface area contributed by atoms with Crippen molar-refractivity contribution in [1.29, 1.82) is 5.26 Å². The molecule has 0 saturated heterocycles. The Labute approximate surface area is 224 Å². The van der Waals surface area contributed by atoms with Crippen LogP contribution < -0.4 is 10.5 Å². The van der Waals surface area contributed by atoms with Crippen LogP contribution in [0.1, 0.15) is 81.4 Å². The fourth-order valence-corrected chi connectivity index (χ4v) is 4.55. The van der Waals surface area contributed by atoms with Gasteiger partial charge in [-0.15, -0.1) is 0 Å². The van der Waals surface area contributed by atoms with E-state index in [1.54, 1.807) is 25.4 Å². The number of benzene rings is 1. The zero-order valence-corrected chi connectivity index (χ0v) is 23.2. The Kier molecular flexibility index (Phi) is 9.40. The van der Waals surface area contributed by atoms with Crippen LogP contribution in [0.3, 0.4) is 0 Å². The van der Waals surface area contributed by atoms with Gasteiger partial charge in [0.2, 0.25) is 0 Å². The van der Waals surface area contributed by atoms with Gasteiger partial charge in [-0.1, -0.05) is 54.8 Å². The summed E-state index contributed by atoms with van der Waals surface area (Å²) in [5.74, 6) is -0.274. The molecule has 1 aliphatic carbocycles. The molecule has 38 heavy (non-hydrogen) atoms. The lowest BCUT2D eigenvalue weighted by Crippen LogP contribution is -2.37. The standard InChI is InChI=1S/C19H22N4O2.C11H15NO/c1-12(24)16-18(22(2)14-7-5-4-6-8-14)17-15(23(3)19(16)25)10-9-13(11-20)21-17;1-11(2,3)13-12-9-10-7-5-4-6-8-10/h9-10,14H,4-8H2,1-3H3;4-9H,1-3H3/b;12-9-. The molecule has 3 aromatic rings. The minimum Gasteiger partial charge on any atom is -0.390 e. The van der Waals surface area contributed by atoms with E-state index in [9.17, 15) is 14.9 Å². The smallest absolute Gasteiger partial charge is 0.263 e. The van der Waals surface area contributed by atoms with Gasteiger partial charge in [0.15, 0.2) is 5.78 Å². The molecule has 0 amide bonds. The summed E-state index contributed by atoms with van der Waals surface area (Å²) in [6.45, 7) is 7.31. The Morgan fingerprint density at radius 1 is 1.16 bits per heavy atom. The van der Waals surface area contributed by atoms with Crippen molar-refractivity contribution >= 4 is 28.7 Å². The Morgan fingerprint density at radius 2 is 1.82 bits per heavy atom. The predicted octanol–water partition coefficient (Wildman–Crippen LogP) is 5.61. The second-order valence-electron chi connectivity index (χ2n) is 10.6. The number of pyridine rings is 2. The molecule has 0 atom stereocenters. The van der Waals surface area contributed by atoms with E-state index in [1.165, 1.54) is 17.9 Å². The average Bonchev–Trinajstić information content (AvgIpc) is 2.90. The second kappa shape index (κ2) is 12.5. The maximum absolute atomic E-state index is 12.8. The molecular weight excluding hydrogens is 478 g/mol. The maximum Gasteiger partial charge on any atom is 0.263 e. The number of aromatic nitrogens is 2. The minimum atomic E-state index is -0.316. The number of Topliss-reactive ketones (excluding diaryl/α,β-unsaturated/α-hetero) is 1. The summed E-state index contributed by atoms with van der Waals surface area (Å²) >= 11 is 0. The zero-order valence-electron chi connectivity index (χ0n) is 23.2. The van der Waals surface area contributed by atoms with Gasteiger partial charge >= 0.3 is 0 Å². The number of nitriles is 1. The quantitative estimate of drug-likeness (QED) is 0.249. The fraction of sp³-hybridized carbons (Fsp3) is 0.433. The van der Waals surface area contributed by atoms with Crippen molar-refractivity contribution in [2.75, 3.05) is 11.9 Å². The highest BCUT2D eigenvalue weighted by atomic mass is 16.6. The van der Waals surface area contributed by atoms with Gasteiger partial charge in [0.1, 0.15) is 28.4 Å². The lowest BCUT2D eigenvalue weighted by Gasteiger charge is -2.34. The Hall–Kier alpha value is -3.99. The Morgan fingerprint density at radius 3 is 2.39 bits per heavy atom. The van der Waals surface area contributed by atoms with Crippen molar-refractivity contribution in [1.82, 2.24) is 9.55 Å². The lowest BCUT2D eigenvalue weighted by molar-refractivity contribution is 0.00199. The first-order valence-electron chi connectivity index (χ1n) is 13.0. The summed E-state index contributed by atoms with van der Waals surface area (Å²) in [4.78, 5) is 36.8. The largest absolute Gasteiger partial charge is 0.390 e. The summed E-state index contributed by atoms with van der Waals surface area (Å²) in [7, 11) is 3.56. The van der Waals surface area contributed by atoms with Crippen LogP contribution in [0.5, 0.6) is 0 Å². The Balaban J connectivity index is 0.000000260. The molecule has 2 aromatic heterocycles. The first-order valence-corrected chi connectivity index (χ1v) is 13.0. The van der Waals surface area contributed by atoms with E-state index in [2.05, 4.69) is 10.1 Å². The fourth-order valence-electron chi connectivity index (χ4n) is 4.55. The number of hydrogen-bond donors (Lipinski definition) is 0. The number of carbonyl (C=O) groups is 1. The molecule has 4 rings (SSSR count). The number of nitrogens with zero attached hydrogens (tertiary/aromatic N) is 5. The van der Waals surface area contributed by atoms with Crippen LogP contribution in [0, 0.1) is 11.3 Å². The SMILES string of the molecule is CC(=O)c1c(N(C)C2CCCCC2)c2nc(C#N)ccc2n(C)c1=O.CC(C)(C)O/N=C\c1ccccc1. The summed E-state index contributed by atoms with van der Waals surface area (Å²) in [6, 6.07) is 15.5. The van der Waals surface area contributed by atoms with Gasteiger partial charge in [0.25, 0.3) is 5.56 Å². The van der Waals surface area contributed by atoms with Crippen molar-refractivity contribution in [3.8, 4) is 6.07 Å². The molecule has 8 nitrogen and oxygen atoms in total. The monoisotopic (exact) mass is 515 g/mol. The van der Waals surface area contributed by atoms with Crippen LogP contribution in [0.4, 0.5) is 5.69 Å². The molecule has 200 valence electrons. The molecule has 1 aromatic carbocycles. The molecule has 0 aliphatic heterocycles. The molecular formula is C30H37N5O3. The molecule has 2 heterocycles. The van der Waals surface area contributed by atoms with E-state index >= 15 is 0 Å². The predicted molar refractivity (Wildman–Crippen MR) is 152 cm³/mol. The molecule has 1 fully saturated rings. The third-order valence-corrected chi connectivity index (χ3v) is 6.48. The topological polar surface area (TPSA) is 101 Å². The average molecular weight is 516 g/mol. The second-order valence-corrected chi connectivity index (χ2v) is 10.6. The third kappa shape index (κ3) is 7.06. The number of oxime groups is 1. The number of anilines is 1. The normalized spacial score (nSPS) is 14.0. The van der Waals surface area contributed by atoms with E-state index in [1.807, 2.05) is 69.1 Å². The van der Waals surface area contributed by atoms with E-state index in [-0.39, 0.29) is 34.2 Å². The summed E-state index contributed by atoms with van der Waals surface area (Å²) < 4.78 is 1.44. The van der Waals surface area contributed by atoms with Gasteiger partial charge in [-0.25, -0.2) is 4.98 Å². The van der Waals surface area contributed by atoms with Crippen molar-refractivity contribution in [3.63, 3.8) is 0 Å². The van der Waals surface area contributed by atoms with Gasteiger partial charge in [-0.05, 0) is 58.2 Å². The van der Waals surface area contributed by atoms with Crippen LogP contribution in [-0.2, 0) is 11.9 Å². The van der Waals surface area contributed by atoms with Crippen molar-refractivity contribution in [3.05, 3.63) is 69.6 Å². The van der Waals surface area contributed by atoms with E-state index in [0.717, 1.165) is 31.2 Å². The molecule has 8 heteroatoms. The van der Waals surface area contributed by atoms with E-state index in [0.29, 0.717) is 16.7 Å². The highest BCUT2D eigenvalue weighted by Gasteiger charge is 2.27. The molecule has 0 spiro atoms. The van der Waals surface area contributed by atoms with Gasteiger partial charge in [-0.2, -0.15) is 5.26 Å². The molecule has 0 bridgehead atoms. The van der Waals surface area contributed by atoms with Crippen molar-refractivity contribution in [2.24, 2.45) is 12.2 Å². The maximum atomic E-state index is 12.8. The van der Waals surface area contributed by atoms with Crippen LogP contribution in [0.25, 0.3) is 11.0 Å². The first kappa shape index (κ1) is 28.6. The van der Waals surface area contributed by atoms with Crippen LogP contribution >= 0.6 is 0 Å². The minimum absolute atomic E-state index is 0.158. The van der Waals surface area contributed by atoms with E-state index in [4.69, 9.17) is 4.84 Å². The summed E-state index contributed by atoms with van der Waals surface area (Å²) in [5.41, 5.74) is 2.69. The van der Waals surface area contributed by atoms with Gasteiger partial charge in [0, 0.05) is 20.1 Å². The highest BCUT2D eigenvalue weighted by Crippen LogP contribution is 2.32. The molecule has 0 radical (unpaired) electrons. The Bertz CT molecular complexity index is 1390. The number of aryl methyl sites for hydroxylation is 1. The van der Waals surface area contributed by atoms with Crippen LogP contribution in [0.15, 0.2) is 52.4 Å². The van der Waals surface area contributed by atoms with Crippen LogP contribution in [-0.4, -0.2) is 40.2 Å².